The Morgan fingerprint density at radius 1 is 0.958 bits per heavy atom. The second kappa shape index (κ2) is 6.99. The molecular weight excluding hydrogens is 310 g/mol. The molecule has 138 valence electrons. The zero-order chi connectivity index (χ0) is 18.8. The van der Waals surface area contributed by atoms with Gasteiger partial charge in [-0.3, -0.25) is 20.4 Å². The highest BCUT2D eigenvalue weighted by Gasteiger charge is 2.46. The summed E-state index contributed by atoms with van der Waals surface area (Å²) in [6, 6.07) is 0. The number of hydrogen-bond donors (Lipinski definition) is 4. The number of carboxylic acid groups (broad SMARTS) is 1. The molecule has 0 aromatic rings. The number of carbonyl (C=O) groups is 3. The molecule has 0 atom stereocenters. The largest absolute Gasteiger partial charge is 0.465 e. The minimum atomic E-state index is -1.04. The number of carbonyl (C=O) groups excluding carboxylic acids is 2. The van der Waals surface area contributed by atoms with Crippen LogP contribution in [0.4, 0.5) is 4.79 Å². The highest BCUT2D eigenvalue weighted by atomic mass is 16.4. The van der Waals surface area contributed by atoms with E-state index in [1.807, 2.05) is 20.8 Å². The van der Waals surface area contributed by atoms with Gasteiger partial charge in [0.25, 0.3) is 0 Å². The first-order valence-electron chi connectivity index (χ1n) is 8.40. The topological polar surface area (TPSA) is 108 Å². The van der Waals surface area contributed by atoms with Gasteiger partial charge in [-0.15, -0.1) is 0 Å². The van der Waals surface area contributed by atoms with Crippen LogP contribution in [0.2, 0.25) is 0 Å². The van der Waals surface area contributed by atoms with Crippen LogP contribution in [0.25, 0.3) is 0 Å². The summed E-state index contributed by atoms with van der Waals surface area (Å²) < 4.78 is 0. The van der Waals surface area contributed by atoms with E-state index in [2.05, 4.69) is 16.2 Å². The van der Waals surface area contributed by atoms with Crippen LogP contribution in [0.1, 0.15) is 67.2 Å². The molecule has 24 heavy (non-hydrogen) atoms. The highest BCUT2D eigenvalue weighted by molar-refractivity contribution is 5.85. The van der Waals surface area contributed by atoms with Gasteiger partial charge in [-0.25, -0.2) is 4.79 Å². The second-order valence-electron chi connectivity index (χ2n) is 8.73. The molecule has 0 aromatic carbocycles. The molecule has 0 spiro atoms. The molecule has 4 N–H and O–H groups in total. The molecule has 1 fully saturated rings. The Balaban J connectivity index is 2.65. The molecule has 0 bridgehead atoms. The summed E-state index contributed by atoms with van der Waals surface area (Å²) in [6.07, 6.45) is 1.30. The normalized spacial score (nSPS) is 24.8. The summed E-state index contributed by atoms with van der Waals surface area (Å²) in [6.45, 7) is 11.3. The summed E-state index contributed by atoms with van der Waals surface area (Å²) >= 11 is 0. The van der Waals surface area contributed by atoms with E-state index in [-0.39, 0.29) is 23.1 Å². The maximum absolute atomic E-state index is 12.2. The van der Waals surface area contributed by atoms with E-state index >= 15 is 0 Å². The number of nitrogens with one attached hydrogen (secondary N) is 3. The Morgan fingerprint density at radius 2 is 1.46 bits per heavy atom. The van der Waals surface area contributed by atoms with Crippen molar-refractivity contribution < 1.29 is 19.5 Å². The Bertz CT molecular complexity index is 495. The van der Waals surface area contributed by atoms with Gasteiger partial charge in [-0.1, -0.05) is 41.5 Å². The lowest BCUT2D eigenvalue weighted by atomic mass is 9.63. The average Bonchev–Trinajstić information content (AvgIpc) is 2.42. The van der Waals surface area contributed by atoms with Gasteiger partial charge in [0.15, 0.2) is 0 Å². The van der Waals surface area contributed by atoms with Crippen molar-refractivity contribution in [1.82, 2.24) is 16.2 Å². The smallest absolute Gasteiger partial charge is 0.405 e. The molecule has 3 amide bonds. The third kappa shape index (κ3) is 4.85. The van der Waals surface area contributed by atoms with Crippen LogP contribution < -0.4 is 16.2 Å². The molecule has 0 unspecified atom stereocenters. The quantitative estimate of drug-likeness (QED) is 0.579. The zero-order valence-electron chi connectivity index (χ0n) is 15.6. The van der Waals surface area contributed by atoms with Crippen molar-refractivity contribution in [2.75, 3.05) is 0 Å². The van der Waals surface area contributed by atoms with Crippen molar-refractivity contribution in [1.29, 1.82) is 0 Å². The lowest BCUT2D eigenvalue weighted by Gasteiger charge is -2.48. The molecule has 7 heteroatoms. The van der Waals surface area contributed by atoms with Crippen LogP contribution in [0, 0.1) is 16.7 Å². The predicted molar refractivity (Wildman–Crippen MR) is 91.0 cm³/mol. The minimum Gasteiger partial charge on any atom is -0.465 e. The molecule has 0 heterocycles. The van der Waals surface area contributed by atoms with Gasteiger partial charge in [0, 0.05) is 16.9 Å². The lowest BCUT2D eigenvalue weighted by molar-refractivity contribution is -0.136. The van der Waals surface area contributed by atoms with Gasteiger partial charge in [0.1, 0.15) is 0 Å². The van der Waals surface area contributed by atoms with Gasteiger partial charge < -0.3 is 10.4 Å². The molecule has 0 aliphatic heterocycles. The number of amides is 3. The monoisotopic (exact) mass is 341 g/mol. The first-order valence-corrected chi connectivity index (χ1v) is 8.40. The Hall–Kier alpha value is -1.79. The summed E-state index contributed by atoms with van der Waals surface area (Å²) in [7, 11) is 0. The van der Waals surface area contributed by atoms with Crippen molar-refractivity contribution in [2.24, 2.45) is 16.7 Å². The van der Waals surface area contributed by atoms with Crippen molar-refractivity contribution in [2.45, 2.75) is 72.8 Å². The maximum Gasteiger partial charge on any atom is 0.405 e. The van der Waals surface area contributed by atoms with Crippen LogP contribution in [0.15, 0.2) is 0 Å². The highest BCUT2D eigenvalue weighted by Crippen LogP contribution is 2.43. The van der Waals surface area contributed by atoms with Crippen LogP contribution in [-0.4, -0.2) is 28.6 Å². The summed E-state index contributed by atoms with van der Waals surface area (Å²) in [4.78, 5) is 35.2. The third-order valence-electron chi connectivity index (χ3n) is 4.97. The predicted octanol–water partition coefficient (Wildman–Crippen LogP) is 2.42. The summed E-state index contributed by atoms with van der Waals surface area (Å²) in [5.74, 6) is -0.690. The van der Waals surface area contributed by atoms with E-state index in [9.17, 15) is 14.4 Å². The lowest BCUT2D eigenvalue weighted by Crippen LogP contribution is -2.59. The molecule has 0 aromatic heterocycles. The molecule has 0 saturated heterocycles. The number of hydrogen-bond acceptors (Lipinski definition) is 3. The molecule has 1 aliphatic carbocycles. The molecule has 1 saturated carbocycles. The van der Waals surface area contributed by atoms with Crippen LogP contribution >= 0.6 is 0 Å². The third-order valence-corrected chi connectivity index (χ3v) is 4.97. The Labute approximate surface area is 143 Å². The van der Waals surface area contributed by atoms with Gasteiger partial charge in [0.2, 0.25) is 11.8 Å². The molecule has 7 nitrogen and oxygen atoms in total. The van der Waals surface area contributed by atoms with E-state index in [0.29, 0.717) is 25.7 Å². The van der Waals surface area contributed by atoms with Crippen molar-refractivity contribution in [3.8, 4) is 0 Å². The van der Waals surface area contributed by atoms with Gasteiger partial charge >= 0.3 is 6.09 Å². The average molecular weight is 341 g/mol. The SMILES string of the molecule is CC(C)(C)C(=O)NNC(=O)C1CCC(NC(=O)O)(C(C)(C)C)CC1. The molecular formula is C17H31N3O4. The van der Waals surface area contributed by atoms with Crippen LogP contribution in [0.3, 0.4) is 0 Å². The molecule has 1 aliphatic rings. The standard InChI is InChI=1S/C17H31N3O4/c1-15(2,3)13(22)20-19-12(21)11-7-9-17(10-8-11,16(4,5)6)18-14(23)24/h11,18H,7-10H2,1-6H3,(H,19,21)(H,20,22)(H,23,24). The minimum absolute atomic E-state index is 0.217. The zero-order valence-corrected chi connectivity index (χ0v) is 15.6. The fourth-order valence-corrected chi connectivity index (χ4v) is 3.05. The molecule has 0 radical (unpaired) electrons. The van der Waals surface area contributed by atoms with Gasteiger partial charge in [-0.05, 0) is 31.1 Å². The summed E-state index contributed by atoms with van der Waals surface area (Å²) in [5.41, 5.74) is 3.59. The summed E-state index contributed by atoms with van der Waals surface area (Å²) in [5, 5.41) is 11.8. The van der Waals surface area contributed by atoms with Crippen LogP contribution in [-0.2, 0) is 9.59 Å². The van der Waals surface area contributed by atoms with Crippen LogP contribution in [0.5, 0.6) is 0 Å². The van der Waals surface area contributed by atoms with E-state index < -0.39 is 17.0 Å². The fourth-order valence-electron chi connectivity index (χ4n) is 3.05. The van der Waals surface area contributed by atoms with E-state index in [4.69, 9.17) is 5.11 Å². The second-order valence-corrected chi connectivity index (χ2v) is 8.73. The van der Waals surface area contributed by atoms with Gasteiger partial charge in [0.05, 0.1) is 0 Å². The number of hydrazine groups is 1. The van der Waals surface area contributed by atoms with Gasteiger partial charge in [-0.2, -0.15) is 0 Å². The maximum atomic E-state index is 12.2. The Kier molecular flexibility index (Phi) is 5.90. The van der Waals surface area contributed by atoms with E-state index in [0.717, 1.165) is 0 Å². The van der Waals surface area contributed by atoms with Crippen molar-refractivity contribution in [3.05, 3.63) is 0 Å². The Morgan fingerprint density at radius 3 is 1.83 bits per heavy atom. The fraction of sp³-hybridized carbons (Fsp3) is 0.824. The van der Waals surface area contributed by atoms with E-state index in [1.165, 1.54) is 0 Å². The van der Waals surface area contributed by atoms with Crippen molar-refractivity contribution >= 4 is 17.9 Å². The van der Waals surface area contributed by atoms with Crippen molar-refractivity contribution in [3.63, 3.8) is 0 Å². The number of rotatable bonds is 2. The first-order chi connectivity index (χ1) is 10.8. The first kappa shape index (κ1) is 20.3. The van der Waals surface area contributed by atoms with E-state index in [1.54, 1.807) is 20.8 Å². The molecule has 1 rings (SSSR count).